The van der Waals surface area contributed by atoms with Gasteiger partial charge in [0.15, 0.2) is 9.84 Å². The first-order chi connectivity index (χ1) is 15.5. The second-order valence-corrected chi connectivity index (χ2v) is 11.9. The van der Waals surface area contributed by atoms with Gasteiger partial charge in [0.2, 0.25) is 5.91 Å². The molecule has 168 valence electrons. The van der Waals surface area contributed by atoms with E-state index in [-0.39, 0.29) is 36.0 Å². The fraction of sp³-hybridized carbons (Fsp3) is 0.417. The first kappa shape index (κ1) is 21.6. The fourth-order valence-corrected chi connectivity index (χ4v) is 7.71. The van der Waals surface area contributed by atoms with Gasteiger partial charge >= 0.3 is 0 Å². The average Bonchev–Trinajstić information content (AvgIpc) is 3.38. The molecule has 0 aliphatic carbocycles. The predicted molar refractivity (Wildman–Crippen MR) is 129 cm³/mol. The van der Waals surface area contributed by atoms with Crippen LogP contribution in [0.2, 0.25) is 0 Å². The number of amides is 1. The lowest BCUT2D eigenvalue weighted by Crippen LogP contribution is -2.48. The van der Waals surface area contributed by atoms with Crippen molar-refractivity contribution in [2.24, 2.45) is 0 Å². The van der Waals surface area contributed by atoms with Gasteiger partial charge in [0.1, 0.15) is 5.01 Å². The number of sulfone groups is 1. The maximum Gasteiger partial charge on any atom is 0.241 e. The Morgan fingerprint density at radius 3 is 2.59 bits per heavy atom. The summed E-state index contributed by atoms with van der Waals surface area (Å²) in [5, 5.41) is 1.06. The maximum absolute atomic E-state index is 13.6. The largest absolute Gasteiger partial charge is 0.307 e. The maximum atomic E-state index is 13.6. The Morgan fingerprint density at radius 1 is 1.06 bits per heavy atom. The topological polar surface area (TPSA) is 70.6 Å². The van der Waals surface area contributed by atoms with Gasteiger partial charge in [0, 0.05) is 5.69 Å². The molecule has 2 saturated heterocycles. The van der Waals surface area contributed by atoms with Crippen LogP contribution in [0.3, 0.4) is 0 Å². The molecule has 0 bridgehead atoms. The highest BCUT2D eigenvalue weighted by Gasteiger charge is 2.37. The van der Waals surface area contributed by atoms with Gasteiger partial charge in [-0.15, -0.1) is 11.3 Å². The van der Waals surface area contributed by atoms with Crippen LogP contribution in [-0.2, 0) is 14.6 Å². The lowest BCUT2D eigenvalue weighted by atomic mass is 10.0. The molecule has 0 N–H and O–H groups in total. The van der Waals surface area contributed by atoms with Gasteiger partial charge in [-0.1, -0.05) is 36.8 Å². The molecule has 32 heavy (non-hydrogen) atoms. The monoisotopic (exact) mass is 469 g/mol. The highest BCUT2D eigenvalue weighted by Crippen LogP contribution is 2.36. The van der Waals surface area contributed by atoms with E-state index < -0.39 is 9.84 Å². The summed E-state index contributed by atoms with van der Waals surface area (Å²) in [5.74, 6) is 0.146. The summed E-state index contributed by atoms with van der Waals surface area (Å²) in [6.45, 7) is 1.12. The van der Waals surface area contributed by atoms with Crippen LogP contribution in [0.25, 0.3) is 10.2 Å². The zero-order valence-electron chi connectivity index (χ0n) is 17.9. The van der Waals surface area contributed by atoms with Gasteiger partial charge in [-0.2, -0.15) is 0 Å². The summed E-state index contributed by atoms with van der Waals surface area (Å²) in [7, 11) is -3.10. The molecular formula is C24H27N3O3S2. The van der Waals surface area contributed by atoms with Crippen LogP contribution in [0.1, 0.15) is 36.7 Å². The normalized spacial score (nSPS) is 23.4. The molecule has 2 aromatic carbocycles. The number of hydrogen-bond acceptors (Lipinski definition) is 6. The van der Waals surface area contributed by atoms with Gasteiger partial charge in [-0.05, 0) is 50.1 Å². The number of nitrogens with zero attached hydrogens (tertiary/aromatic N) is 3. The molecule has 2 aliphatic heterocycles. The van der Waals surface area contributed by atoms with Crippen LogP contribution in [0.5, 0.6) is 0 Å². The summed E-state index contributed by atoms with van der Waals surface area (Å²) in [6.07, 6.45) is 3.65. The van der Waals surface area contributed by atoms with Crippen molar-refractivity contribution in [1.82, 2.24) is 9.88 Å². The molecule has 2 aliphatic rings. The van der Waals surface area contributed by atoms with Gasteiger partial charge in [0.05, 0.1) is 40.4 Å². The zero-order chi connectivity index (χ0) is 22.1. The SMILES string of the molecule is O=C(CN1CCCC[C@@H]1c1nc2ccccc2s1)N(c1ccccc1)[C@@H]1CCS(=O)(=O)C1. The van der Waals surface area contributed by atoms with Crippen LogP contribution in [0.15, 0.2) is 54.6 Å². The minimum Gasteiger partial charge on any atom is -0.307 e. The highest BCUT2D eigenvalue weighted by atomic mass is 32.2. The first-order valence-corrected chi connectivity index (χ1v) is 13.8. The van der Waals surface area contributed by atoms with Crippen molar-refractivity contribution in [2.75, 3.05) is 29.5 Å². The Hall–Kier alpha value is -2.29. The molecule has 0 radical (unpaired) electrons. The van der Waals surface area contributed by atoms with Crippen LogP contribution in [0.4, 0.5) is 5.69 Å². The number of anilines is 1. The van der Waals surface area contributed by atoms with Gasteiger partial charge in [-0.3, -0.25) is 9.69 Å². The predicted octanol–water partition coefficient (Wildman–Crippen LogP) is 4.04. The molecule has 0 spiro atoms. The van der Waals surface area contributed by atoms with Gasteiger partial charge < -0.3 is 4.90 Å². The summed E-state index contributed by atoms with van der Waals surface area (Å²) >= 11 is 1.71. The molecular weight excluding hydrogens is 442 g/mol. The zero-order valence-corrected chi connectivity index (χ0v) is 19.5. The van der Waals surface area contributed by atoms with E-state index in [0.29, 0.717) is 6.42 Å². The quantitative estimate of drug-likeness (QED) is 0.564. The van der Waals surface area contributed by atoms with E-state index in [1.54, 1.807) is 16.2 Å². The molecule has 2 atom stereocenters. The summed E-state index contributed by atoms with van der Waals surface area (Å²) in [6, 6.07) is 17.4. The first-order valence-electron chi connectivity index (χ1n) is 11.2. The molecule has 5 rings (SSSR count). The minimum atomic E-state index is -3.10. The van der Waals surface area contributed by atoms with Crippen molar-refractivity contribution >= 4 is 43.0 Å². The van der Waals surface area contributed by atoms with Gasteiger partial charge in [0.25, 0.3) is 0 Å². The third-order valence-corrected chi connectivity index (χ3v) is 9.31. The van der Waals surface area contributed by atoms with E-state index in [9.17, 15) is 13.2 Å². The molecule has 0 saturated carbocycles. The molecule has 2 fully saturated rings. The molecule has 1 aromatic heterocycles. The van der Waals surface area contributed by atoms with Crippen molar-refractivity contribution in [3.8, 4) is 0 Å². The fourth-order valence-electron chi connectivity index (χ4n) is 4.87. The van der Waals surface area contributed by atoms with Gasteiger partial charge in [-0.25, -0.2) is 13.4 Å². The Morgan fingerprint density at radius 2 is 1.84 bits per heavy atom. The summed E-state index contributed by atoms with van der Waals surface area (Å²) < 4.78 is 25.5. The number of carbonyl (C=O) groups excluding carboxylic acids is 1. The van der Waals surface area contributed by atoms with Crippen LogP contribution in [0, 0.1) is 0 Å². The number of likely N-dealkylation sites (tertiary alicyclic amines) is 1. The number of thiazole rings is 1. The molecule has 8 heteroatoms. The number of fused-ring (bicyclic) bond motifs is 1. The van der Waals surface area contributed by atoms with E-state index in [4.69, 9.17) is 4.98 Å². The number of para-hydroxylation sites is 2. The third-order valence-electron chi connectivity index (χ3n) is 6.42. The molecule has 0 unspecified atom stereocenters. The number of rotatable bonds is 5. The highest BCUT2D eigenvalue weighted by molar-refractivity contribution is 7.91. The number of benzene rings is 2. The Labute approximate surface area is 192 Å². The van der Waals surface area contributed by atoms with Crippen molar-refractivity contribution < 1.29 is 13.2 Å². The Kier molecular flexibility index (Phi) is 6.01. The van der Waals surface area contributed by atoms with E-state index in [1.807, 2.05) is 48.5 Å². The van der Waals surface area contributed by atoms with Crippen LogP contribution in [-0.4, -0.2) is 54.8 Å². The van der Waals surface area contributed by atoms with E-state index in [0.717, 1.165) is 42.0 Å². The Bertz CT molecular complexity index is 1180. The number of aromatic nitrogens is 1. The molecule has 1 amide bonds. The van der Waals surface area contributed by atoms with E-state index in [2.05, 4.69) is 11.0 Å². The van der Waals surface area contributed by atoms with E-state index >= 15 is 0 Å². The number of hydrogen-bond donors (Lipinski definition) is 0. The lowest BCUT2D eigenvalue weighted by Gasteiger charge is -2.36. The van der Waals surface area contributed by atoms with E-state index in [1.165, 1.54) is 4.70 Å². The second-order valence-electron chi connectivity index (χ2n) is 8.66. The van der Waals surface area contributed by atoms with Crippen LogP contribution >= 0.6 is 11.3 Å². The second kappa shape index (κ2) is 8.92. The molecule has 3 aromatic rings. The van der Waals surface area contributed by atoms with Crippen LogP contribution < -0.4 is 4.90 Å². The van der Waals surface area contributed by atoms with Crippen molar-refractivity contribution in [2.45, 2.75) is 37.8 Å². The Balaban J connectivity index is 1.41. The standard InChI is InChI=1S/C24H27N3O3S2/c28-23(27(18-8-2-1-3-9-18)19-13-15-32(29,30)17-19)16-26-14-7-6-11-21(26)24-25-20-10-4-5-12-22(20)31-24/h1-5,8-10,12,19,21H,6-7,11,13-17H2/t19-,21-/m1/s1. The summed E-state index contributed by atoms with van der Waals surface area (Å²) in [4.78, 5) is 22.5. The number of carbonyl (C=O) groups is 1. The van der Waals surface area contributed by atoms with Crippen molar-refractivity contribution in [1.29, 1.82) is 0 Å². The number of piperidine rings is 1. The third kappa shape index (κ3) is 4.44. The minimum absolute atomic E-state index is 0.0358. The lowest BCUT2D eigenvalue weighted by molar-refractivity contribution is -0.121. The molecule has 3 heterocycles. The smallest absolute Gasteiger partial charge is 0.241 e. The average molecular weight is 470 g/mol. The molecule has 6 nitrogen and oxygen atoms in total. The van der Waals surface area contributed by atoms with Crippen molar-refractivity contribution in [3.63, 3.8) is 0 Å². The van der Waals surface area contributed by atoms with Crippen molar-refractivity contribution in [3.05, 3.63) is 59.6 Å². The summed E-state index contributed by atoms with van der Waals surface area (Å²) in [5.41, 5.74) is 1.78.